The van der Waals surface area contributed by atoms with E-state index in [1.54, 1.807) is 6.92 Å². The molecule has 116 valence electrons. The Morgan fingerprint density at radius 1 is 1.29 bits per heavy atom. The van der Waals surface area contributed by atoms with Crippen LogP contribution in [0.2, 0.25) is 0 Å². The van der Waals surface area contributed by atoms with Crippen molar-refractivity contribution in [3.63, 3.8) is 0 Å². The fourth-order valence-electron chi connectivity index (χ4n) is 2.75. The van der Waals surface area contributed by atoms with Crippen LogP contribution >= 0.6 is 0 Å². The summed E-state index contributed by atoms with van der Waals surface area (Å²) in [6, 6.07) is 0. The molecular formula is C15H23N3O3. The molecule has 2 N–H and O–H groups in total. The minimum Gasteiger partial charge on any atom is -0.379 e. The SMILES string of the molecule is CC(=O)c1c(C)[nH]c(C(=O)NCCN2CCOCC2)c1C. The summed E-state index contributed by atoms with van der Waals surface area (Å²) in [6.07, 6.45) is 0. The van der Waals surface area contributed by atoms with Crippen molar-refractivity contribution in [3.8, 4) is 0 Å². The lowest BCUT2D eigenvalue weighted by Gasteiger charge is -2.26. The first-order valence-corrected chi connectivity index (χ1v) is 7.29. The van der Waals surface area contributed by atoms with E-state index in [1.165, 1.54) is 6.92 Å². The van der Waals surface area contributed by atoms with Crippen molar-refractivity contribution >= 4 is 11.7 Å². The van der Waals surface area contributed by atoms with Gasteiger partial charge in [0.15, 0.2) is 5.78 Å². The smallest absolute Gasteiger partial charge is 0.268 e. The van der Waals surface area contributed by atoms with E-state index in [9.17, 15) is 9.59 Å². The lowest BCUT2D eigenvalue weighted by atomic mass is 10.1. The molecule has 0 saturated carbocycles. The van der Waals surface area contributed by atoms with Crippen molar-refractivity contribution in [2.24, 2.45) is 0 Å². The number of hydrogen-bond donors (Lipinski definition) is 2. The molecule has 21 heavy (non-hydrogen) atoms. The number of morpholine rings is 1. The van der Waals surface area contributed by atoms with Crippen molar-refractivity contribution in [1.29, 1.82) is 0 Å². The summed E-state index contributed by atoms with van der Waals surface area (Å²) in [4.78, 5) is 29.0. The topological polar surface area (TPSA) is 74.4 Å². The van der Waals surface area contributed by atoms with Crippen LogP contribution in [-0.2, 0) is 4.74 Å². The Balaban J connectivity index is 1.91. The van der Waals surface area contributed by atoms with Gasteiger partial charge in [-0.3, -0.25) is 14.5 Å². The summed E-state index contributed by atoms with van der Waals surface area (Å²) < 4.78 is 5.28. The largest absolute Gasteiger partial charge is 0.379 e. The second kappa shape index (κ2) is 6.87. The maximum Gasteiger partial charge on any atom is 0.268 e. The number of hydrogen-bond acceptors (Lipinski definition) is 4. The highest BCUT2D eigenvalue weighted by molar-refractivity contribution is 6.02. The number of nitrogens with zero attached hydrogens (tertiary/aromatic N) is 1. The molecule has 1 aromatic rings. The quantitative estimate of drug-likeness (QED) is 0.791. The number of amides is 1. The summed E-state index contributed by atoms with van der Waals surface area (Å²) >= 11 is 0. The number of ketones is 1. The fourth-order valence-corrected chi connectivity index (χ4v) is 2.75. The predicted molar refractivity (Wildman–Crippen MR) is 79.9 cm³/mol. The molecule has 1 amide bonds. The van der Waals surface area contributed by atoms with Crippen LogP contribution in [0.15, 0.2) is 0 Å². The summed E-state index contributed by atoms with van der Waals surface area (Å²) in [6.45, 7) is 9.86. The number of aromatic nitrogens is 1. The molecule has 6 nitrogen and oxygen atoms in total. The molecule has 1 aliphatic rings. The van der Waals surface area contributed by atoms with Crippen LogP contribution in [0.4, 0.5) is 0 Å². The molecule has 0 bridgehead atoms. The van der Waals surface area contributed by atoms with Gasteiger partial charge in [-0.05, 0) is 26.3 Å². The van der Waals surface area contributed by atoms with Gasteiger partial charge in [0, 0.05) is 37.4 Å². The molecule has 0 radical (unpaired) electrons. The molecule has 0 spiro atoms. The number of aryl methyl sites for hydroxylation is 1. The molecule has 2 heterocycles. The van der Waals surface area contributed by atoms with Crippen LogP contribution in [0, 0.1) is 13.8 Å². The predicted octanol–water partition coefficient (Wildman–Crippen LogP) is 0.896. The second-order valence-electron chi connectivity index (χ2n) is 5.39. The maximum absolute atomic E-state index is 12.2. The molecule has 1 aliphatic heterocycles. The van der Waals surface area contributed by atoms with Crippen molar-refractivity contribution in [3.05, 3.63) is 22.5 Å². The molecule has 6 heteroatoms. The van der Waals surface area contributed by atoms with Gasteiger partial charge in [-0.1, -0.05) is 0 Å². The Bertz CT molecular complexity index is 531. The number of ether oxygens (including phenoxy) is 1. The van der Waals surface area contributed by atoms with E-state index in [2.05, 4.69) is 15.2 Å². The van der Waals surface area contributed by atoms with Crippen molar-refractivity contribution in [2.75, 3.05) is 39.4 Å². The molecule has 0 aliphatic carbocycles. The van der Waals surface area contributed by atoms with Crippen LogP contribution in [0.1, 0.15) is 39.0 Å². The standard InChI is InChI=1S/C15H23N3O3/c1-10-13(12(3)19)11(2)17-14(10)15(20)16-4-5-18-6-8-21-9-7-18/h17H,4-9H2,1-3H3,(H,16,20). The molecule has 1 saturated heterocycles. The first-order valence-electron chi connectivity index (χ1n) is 7.29. The van der Waals surface area contributed by atoms with Crippen molar-refractivity contribution in [1.82, 2.24) is 15.2 Å². The molecule has 0 unspecified atom stereocenters. The molecular weight excluding hydrogens is 270 g/mol. The van der Waals surface area contributed by atoms with Gasteiger partial charge in [0.1, 0.15) is 5.69 Å². The molecule has 0 atom stereocenters. The number of nitrogens with one attached hydrogen (secondary N) is 2. The first-order chi connectivity index (χ1) is 10.0. The normalized spacial score (nSPS) is 16.0. The third kappa shape index (κ3) is 3.71. The minimum atomic E-state index is -0.156. The van der Waals surface area contributed by atoms with Gasteiger partial charge in [0.2, 0.25) is 0 Å². The van der Waals surface area contributed by atoms with Crippen LogP contribution < -0.4 is 5.32 Å². The van der Waals surface area contributed by atoms with Gasteiger partial charge >= 0.3 is 0 Å². The Labute approximate surface area is 124 Å². The average Bonchev–Trinajstić information content (AvgIpc) is 2.75. The number of carbonyl (C=O) groups is 2. The van der Waals surface area contributed by atoms with Crippen LogP contribution in [0.25, 0.3) is 0 Å². The molecule has 0 aromatic carbocycles. The van der Waals surface area contributed by atoms with E-state index >= 15 is 0 Å². The fraction of sp³-hybridized carbons (Fsp3) is 0.600. The third-order valence-corrected chi connectivity index (χ3v) is 3.83. The van der Waals surface area contributed by atoms with Gasteiger partial charge in [-0.2, -0.15) is 0 Å². The Morgan fingerprint density at radius 3 is 2.52 bits per heavy atom. The van der Waals surface area contributed by atoms with Crippen molar-refractivity contribution in [2.45, 2.75) is 20.8 Å². The van der Waals surface area contributed by atoms with Gasteiger partial charge < -0.3 is 15.0 Å². The zero-order chi connectivity index (χ0) is 15.4. The van der Waals surface area contributed by atoms with E-state index in [0.717, 1.165) is 44.1 Å². The summed E-state index contributed by atoms with van der Waals surface area (Å²) in [5.74, 6) is -0.176. The maximum atomic E-state index is 12.2. The third-order valence-electron chi connectivity index (χ3n) is 3.83. The summed E-state index contributed by atoms with van der Waals surface area (Å²) in [7, 11) is 0. The Morgan fingerprint density at radius 2 is 1.95 bits per heavy atom. The van der Waals surface area contributed by atoms with Gasteiger partial charge in [-0.25, -0.2) is 0 Å². The highest BCUT2D eigenvalue weighted by atomic mass is 16.5. The number of rotatable bonds is 5. The van der Waals surface area contributed by atoms with E-state index in [0.29, 0.717) is 17.8 Å². The van der Waals surface area contributed by atoms with Gasteiger partial charge in [-0.15, -0.1) is 0 Å². The number of Topliss-reactive ketones (excluding diaryl/α,β-unsaturated/α-hetero) is 1. The summed E-state index contributed by atoms with van der Waals surface area (Å²) in [5, 5.41) is 2.90. The molecule has 1 fully saturated rings. The van der Waals surface area contributed by atoms with Crippen molar-refractivity contribution < 1.29 is 14.3 Å². The lowest BCUT2D eigenvalue weighted by Crippen LogP contribution is -2.41. The lowest BCUT2D eigenvalue weighted by molar-refractivity contribution is 0.0383. The van der Waals surface area contributed by atoms with E-state index in [-0.39, 0.29) is 11.7 Å². The van der Waals surface area contributed by atoms with Crippen LogP contribution in [0.5, 0.6) is 0 Å². The monoisotopic (exact) mass is 293 g/mol. The zero-order valence-electron chi connectivity index (χ0n) is 12.9. The minimum absolute atomic E-state index is 0.0198. The van der Waals surface area contributed by atoms with E-state index in [1.807, 2.05) is 6.92 Å². The second-order valence-corrected chi connectivity index (χ2v) is 5.39. The van der Waals surface area contributed by atoms with Crippen LogP contribution in [-0.4, -0.2) is 61.0 Å². The van der Waals surface area contributed by atoms with Crippen LogP contribution in [0.3, 0.4) is 0 Å². The highest BCUT2D eigenvalue weighted by Crippen LogP contribution is 2.18. The molecule has 1 aromatic heterocycles. The van der Waals surface area contributed by atoms with Gasteiger partial charge in [0.05, 0.1) is 13.2 Å². The average molecular weight is 293 g/mol. The first kappa shape index (κ1) is 15.7. The van der Waals surface area contributed by atoms with E-state index in [4.69, 9.17) is 4.74 Å². The van der Waals surface area contributed by atoms with E-state index < -0.39 is 0 Å². The molecule has 2 rings (SSSR count). The highest BCUT2D eigenvalue weighted by Gasteiger charge is 2.19. The Hall–Kier alpha value is -1.66. The Kier molecular flexibility index (Phi) is 5.14. The zero-order valence-corrected chi connectivity index (χ0v) is 12.9. The summed E-state index contributed by atoms with van der Waals surface area (Å²) in [5.41, 5.74) is 2.58. The number of carbonyl (C=O) groups excluding carboxylic acids is 2. The van der Waals surface area contributed by atoms with Gasteiger partial charge in [0.25, 0.3) is 5.91 Å². The number of H-pyrrole nitrogens is 1. The number of aromatic amines is 1.